The Morgan fingerprint density at radius 2 is 2.17 bits per heavy atom. The van der Waals surface area contributed by atoms with Gasteiger partial charge in [-0.25, -0.2) is 0 Å². The van der Waals surface area contributed by atoms with Gasteiger partial charge in [0.1, 0.15) is 6.61 Å². The summed E-state index contributed by atoms with van der Waals surface area (Å²) in [5, 5.41) is 10.8. The Balaban J connectivity index is 1.54. The molecule has 1 aromatic rings. The fourth-order valence-corrected chi connectivity index (χ4v) is 2.08. The van der Waals surface area contributed by atoms with Crippen molar-refractivity contribution < 1.29 is 13.9 Å². The Bertz CT molecular complexity index is 337. The highest BCUT2D eigenvalue weighted by atomic mass is 16.5. The van der Waals surface area contributed by atoms with Gasteiger partial charge in [0, 0.05) is 20.3 Å². The quantitative estimate of drug-likeness (QED) is 0.716. The Morgan fingerprint density at radius 3 is 2.94 bits per heavy atom. The van der Waals surface area contributed by atoms with Crippen LogP contribution in [0.15, 0.2) is 4.42 Å². The molecule has 0 unspecified atom stereocenters. The van der Waals surface area contributed by atoms with Crippen molar-refractivity contribution in [3.05, 3.63) is 5.89 Å². The van der Waals surface area contributed by atoms with Crippen molar-refractivity contribution in [1.82, 2.24) is 10.2 Å². The molecule has 0 atom stereocenters. The molecule has 0 aliphatic heterocycles. The summed E-state index contributed by atoms with van der Waals surface area (Å²) in [5.74, 6) is 0.488. The van der Waals surface area contributed by atoms with Crippen LogP contribution in [0, 0.1) is 0 Å². The number of hydrogen-bond donors (Lipinski definition) is 1. The van der Waals surface area contributed by atoms with Crippen LogP contribution in [0.2, 0.25) is 0 Å². The second kappa shape index (κ2) is 7.33. The molecule has 0 bridgehead atoms. The lowest BCUT2D eigenvalue weighted by Gasteiger charge is -2.10. The molecule has 0 amide bonds. The maximum absolute atomic E-state index is 5.76. The van der Waals surface area contributed by atoms with E-state index in [0.717, 1.165) is 19.6 Å². The van der Waals surface area contributed by atoms with Crippen LogP contribution in [0.4, 0.5) is 6.01 Å². The second-order valence-corrected chi connectivity index (χ2v) is 4.49. The van der Waals surface area contributed by atoms with E-state index in [1.54, 1.807) is 7.11 Å². The van der Waals surface area contributed by atoms with Crippen LogP contribution in [0.3, 0.4) is 0 Å². The van der Waals surface area contributed by atoms with Crippen LogP contribution in [-0.4, -0.2) is 36.6 Å². The van der Waals surface area contributed by atoms with E-state index >= 15 is 0 Å². The normalized spacial score (nSPS) is 16.3. The average molecular weight is 255 g/mol. The highest BCUT2D eigenvalue weighted by Gasteiger charge is 2.14. The van der Waals surface area contributed by atoms with Gasteiger partial charge < -0.3 is 19.2 Å². The van der Waals surface area contributed by atoms with Crippen molar-refractivity contribution in [3.8, 4) is 0 Å². The molecular formula is C12H21N3O3. The number of hydrogen-bond acceptors (Lipinski definition) is 6. The van der Waals surface area contributed by atoms with Gasteiger partial charge in [-0.3, -0.25) is 0 Å². The highest BCUT2D eigenvalue weighted by Crippen LogP contribution is 2.20. The van der Waals surface area contributed by atoms with Gasteiger partial charge in [-0.15, -0.1) is 5.10 Å². The molecule has 1 N–H and O–H groups in total. The third kappa shape index (κ3) is 4.27. The summed E-state index contributed by atoms with van der Waals surface area (Å²) >= 11 is 0. The van der Waals surface area contributed by atoms with E-state index in [4.69, 9.17) is 13.9 Å². The second-order valence-electron chi connectivity index (χ2n) is 4.49. The Hall–Kier alpha value is -1.14. The first kappa shape index (κ1) is 13.3. The molecule has 1 saturated carbocycles. The molecule has 2 rings (SSSR count). The topological polar surface area (TPSA) is 69.4 Å². The third-order valence-electron chi connectivity index (χ3n) is 2.99. The maximum Gasteiger partial charge on any atom is 0.315 e. The lowest BCUT2D eigenvalue weighted by Crippen LogP contribution is -2.11. The van der Waals surface area contributed by atoms with Crippen LogP contribution in [-0.2, 0) is 16.1 Å². The smallest absolute Gasteiger partial charge is 0.315 e. The molecule has 102 valence electrons. The number of nitrogens with zero attached hydrogens (tertiary/aromatic N) is 2. The molecule has 6 nitrogen and oxygen atoms in total. The molecule has 0 spiro atoms. The molecular weight excluding hydrogens is 234 g/mol. The highest BCUT2D eigenvalue weighted by molar-refractivity contribution is 5.16. The van der Waals surface area contributed by atoms with Crippen LogP contribution < -0.4 is 5.32 Å². The fourth-order valence-electron chi connectivity index (χ4n) is 2.08. The zero-order chi connectivity index (χ0) is 12.6. The van der Waals surface area contributed by atoms with E-state index < -0.39 is 0 Å². The molecule has 1 aromatic heterocycles. The molecule has 6 heteroatoms. The minimum absolute atomic E-state index is 0.347. The Morgan fingerprint density at radius 1 is 1.33 bits per heavy atom. The van der Waals surface area contributed by atoms with Crippen molar-refractivity contribution in [1.29, 1.82) is 0 Å². The largest absolute Gasteiger partial charge is 0.406 e. The lowest BCUT2D eigenvalue weighted by atomic mass is 10.3. The monoisotopic (exact) mass is 255 g/mol. The van der Waals surface area contributed by atoms with Gasteiger partial charge >= 0.3 is 6.01 Å². The Kier molecular flexibility index (Phi) is 5.41. The van der Waals surface area contributed by atoms with Crippen molar-refractivity contribution >= 4 is 6.01 Å². The van der Waals surface area contributed by atoms with Gasteiger partial charge in [-0.2, -0.15) is 0 Å². The molecule has 1 aliphatic carbocycles. The summed E-state index contributed by atoms with van der Waals surface area (Å²) in [6.45, 7) is 1.91. The van der Waals surface area contributed by atoms with Crippen LogP contribution in [0.1, 0.15) is 38.0 Å². The summed E-state index contributed by atoms with van der Waals surface area (Å²) in [7, 11) is 1.59. The molecule has 0 aromatic carbocycles. The summed E-state index contributed by atoms with van der Waals surface area (Å²) < 4.78 is 16.0. The van der Waals surface area contributed by atoms with E-state index in [0.29, 0.717) is 24.6 Å². The zero-order valence-corrected chi connectivity index (χ0v) is 10.9. The van der Waals surface area contributed by atoms with Crippen molar-refractivity contribution in [2.24, 2.45) is 0 Å². The van der Waals surface area contributed by atoms with Crippen LogP contribution in [0.5, 0.6) is 0 Å². The summed E-state index contributed by atoms with van der Waals surface area (Å²) in [5.41, 5.74) is 0. The minimum atomic E-state index is 0.347. The summed E-state index contributed by atoms with van der Waals surface area (Å²) in [6.07, 6.45) is 6.50. The van der Waals surface area contributed by atoms with Gasteiger partial charge in [0.25, 0.3) is 0 Å². The molecule has 1 aliphatic rings. The van der Waals surface area contributed by atoms with Crippen molar-refractivity contribution in [2.45, 2.75) is 44.8 Å². The number of aromatic nitrogens is 2. The van der Waals surface area contributed by atoms with E-state index in [9.17, 15) is 0 Å². The maximum atomic E-state index is 5.76. The molecule has 1 fully saturated rings. The third-order valence-corrected chi connectivity index (χ3v) is 2.99. The number of anilines is 1. The SMILES string of the molecule is COCc1nnc(NCCCOC2CCCC2)o1. The standard InChI is InChI=1S/C12H21N3O3/c1-16-9-11-14-15-12(18-11)13-7-4-8-17-10-5-2-3-6-10/h10H,2-9H2,1H3,(H,13,15). The van der Waals surface area contributed by atoms with Crippen molar-refractivity contribution in [3.63, 3.8) is 0 Å². The van der Waals surface area contributed by atoms with E-state index in [1.807, 2.05) is 0 Å². The van der Waals surface area contributed by atoms with Gasteiger partial charge in [0.05, 0.1) is 6.10 Å². The number of nitrogens with one attached hydrogen (secondary N) is 1. The molecule has 18 heavy (non-hydrogen) atoms. The van der Waals surface area contributed by atoms with E-state index in [2.05, 4.69) is 15.5 Å². The van der Waals surface area contributed by atoms with E-state index in [1.165, 1.54) is 25.7 Å². The summed E-state index contributed by atoms with van der Waals surface area (Å²) in [4.78, 5) is 0. The predicted octanol–water partition coefficient (Wildman–Crippen LogP) is 1.98. The van der Waals surface area contributed by atoms with Gasteiger partial charge in [0.15, 0.2) is 0 Å². The molecule has 0 radical (unpaired) electrons. The predicted molar refractivity (Wildman–Crippen MR) is 66.3 cm³/mol. The van der Waals surface area contributed by atoms with Gasteiger partial charge in [-0.1, -0.05) is 17.9 Å². The van der Waals surface area contributed by atoms with Crippen LogP contribution >= 0.6 is 0 Å². The van der Waals surface area contributed by atoms with Gasteiger partial charge in [0.2, 0.25) is 5.89 Å². The van der Waals surface area contributed by atoms with E-state index in [-0.39, 0.29) is 0 Å². The summed E-state index contributed by atoms with van der Waals surface area (Å²) in [6, 6.07) is 0.447. The first-order chi connectivity index (χ1) is 8.88. The Labute approximate surface area is 107 Å². The number of rotatable bonds is 8. The first-order valence-corrected chi connectivity index (χ1v) is 6.55. The first-order valence-electron chi connectivity index (χ1n) is 6.55. The number of ether oxygens (including phenoxy) is 2. The zero-order valence-electron chi connectivity index (χ0n) is 10.9. The molecule has 1 heterocycles. The number of methoxy groups -OCH3 is 1. The fraction of sp³-hybridized carbons (Fsp3) is 0.833. The lowest BCUT2D eigenvalue weighted by molar-refractivity contribution is 0.0582. The van der Waals surface area contributed by atoms with Crippen molar-refractivity contribution in [2.75, 3.05) is 25.6 Å². The minimum Gasteiger partial charge on any atom is -0.406 e. The molecule has 0 saturated heterocycles. The average Bonchev–Trinajstić information content (AvgIpc) is 3.01. The van der Waals surface area contributed by atoms with Crippen LogP contribution in [0.25, 0.3) is 0 Å². The van der Waals surface area contributed by atoms with Gasteiger partial charge in [-0.05, 0) is 19.3 Å².